The first-order chi connectivity index (χ1) is 30.7. The Labute approximate surface area is 358 Å². The van der Waals surface area contributed by atoms with Gasteiger partial charge in [0, 0.05) is 73.4 Å². The summed E-state index contributed by atoms with van der Waals surface area (Å²) in [6, 6.07) is 65.9. The zero-order valence-electron chi connectivity index (χ0n) is 33.7. The number of pyridine rings is 1. The molecule has 62 heavy (non-hydrogen) atoms. The predicted octanol–water partition coefficient (Wildman–Crippen LogP) is 13.5. The van der Waals surface area contributed by atoms with Crippen molar-refractivity contribution in [3.05, 3.63) is 217 Å². The van der Waals surface area contributed by atoms with Crippen molar-refractivity contribution in [1.29, 1.82) is 0 Å². The summed E-state index contributed by atoms with van der Waals surface area (Å²) < 4.78 is 4.84. The molecule has 4 aromatic heterocycles. The van der Waals surface area contributed by atoms with Gasteiger partial charge in [0.25, 0.3) is 0 Å². The second-order valence-corrected chi connectivity index (χ2v) is 15.8. The van der Waals surface area contributed by atoms with Gasteiger partial charge in [0.05, 0.1) is 16.6 Å². The maximum atomic E-state index is 5.05. The van der Waals surface area contributed by atoms with Gasteiger partial charge in [0.2, 0.25) is 0 Å². The monoisotopic (exact) mass is 794 g/mol. The van der Waals surface area contributed by atoms with E-state index in [4.69, 9.17) is 19.9 Å². The number of rotatable bonds is 7. The summed E-state index contributed by atoms with van der Waals surface area (Å²) in [5.74, 6) is 1.94. The molecule has 1 aliphatic carbocycles. The van der Waals surface area contributed by atoms with Crippen LogP contribution in [0.5, 0.6) is 0 Å². The Morgan fingerprint density at radius 1 is 0.387 bits per heavy atom. The molecule has 0 saturated heterocycles. The minimum Gasteiger partial charge on any atom is -0.313 e. The van der Waals surface area contributed by atoms with Crippen LogP contribution in [0, 0.1) is 0 Å². The van der Waals surface area contributed by atoms with Crippen LogP contribution >= 0.6 is 0 Å². The van der Waals surface area contributed by atoms with Gasteiger partial charge in [-0.25, -0.2) is 15.0 Å². The van der Waals surface area contributed by atoms with Gasteiger partial charge in [0.15, 0.2) is 17.5 Å². The first-order valence-corrected chi connectivity index (χ1v) is 21.1. The maximum absolute atomic E-state index is 5.05. The van der Waals surface area contributed by atoms with Gasteiger partial charge in [-0.3, -0.25) is 4.98 Å². The standard InChI is InChI=1S/C56H38N6/c1-5-16-37(17-6-1)48-35-57-36-49-47-34-41(29-31-52(47)62(53(48)49)43-23-11-4-12-24-43)40-28-30-51-46(33-40)45-26-13-14-27-50(45)61(51)44-25-15-22-42(32-44)56-59-54(38-18-7-2-8-19-38)58-55(60-56)39-20-9-3-10-21-39/h1-27,29,31-36H,28,30H2. The largest absolute Gasteiger partial charge is 0.313 e. The molecule has 6 heteroatoms. The van der Waals surface area contributed by atoms with Crippen molar-refractivity contribution in [3.63, 3.8) is 0 Å². The van der Waals surface area contributed by atoms with E-state index in [1.165, 1.54) is 49.7 Å². The maximum Gasteiger partial charge on any atom is 0.164 e. The molecule has 0 amide bonds. The fourth-order valence-electron chi connectivity index (χ4n) is 9.30. The summed E-state index contributed by atoms with van der Waals surface area (Å²) in [6.45, 7) is 0. The normalized spacial score (nSPS) is 12.5. The highest BCUT2D eigenvalue weighted by Gasteiger charge is 2.24. The van der Waals surface area contributed by atoms with E-state index in [0.717, 1.165) is 57.4 Å². The second-order valence-electron chi connectivity index (χ2n) is 15.8. The molecule has 1 aliphatic rings. The van der Waals surface area contributed by atoms with Crippen LogP contribution in [-0.2, 0) is 6.42 Å². The van der Waals surface area contributed by atoms with Crippen LogP contribution in [0.25, 0.3) is 101 Å². The zero-order chi connectivity index (χ0) is 41.0. The molecule has 292 valence electrons. The van der Waals surface area contributed by atoms with Crippen molar-refractivity contribution in [3.8, 4) is 56.7 Å². The van der Waals surface area contributed by atoms with Crippen molar-refractivity contribution in [2.75, 3.05) is 0 Å². The third-order valence-electron chi connectivity index (χ3n) is 12.2. The van der Waals surface area contributed by atoms with E-state index in [0.29, 0.717) is 17.5 Å². The van der Waals surface area contributed by atoms with Crippen LogP contribution in [0.2, 0.25) is 0 Å². The van der Waals surface area contributed by atoms with Gasteiger partial charge in [0.1, 0.15) is 0 Å². The topological polar surface area (TPSA) is 61.4 Å². The van der Waals surface area contributed by atoms with Crippen LogP contribution in [0.1, 0.15) is 23.2 Å². The van der Waals surface area contributed by atoms with E-state index >= 15 is 0 Å². The second kappa shape index (κ2) is 14.8. The number of hydrogen-bond donors (Lipinski definition) is 0. The molecule has 0 aliphatic heterocycles. The fourth-order valence-corrected chi connectivity index (χ4v) is 9.30. The summed E-state index contributed by atoms with van der Waals surface area (Å²) in [7, 11) is 0. The number of benzene rings is 7. The van der Waals surface area contributed by atoms with Crippen LogP contribution in [0.3, 0.4) is 0 Å². The Bertz CT molecular complexity index is 3440. The third kappa shape index (κ3) is 6.03. The summed E-state index contributed by atoms with van der Waals surface area (Å²) >= 11 is 0. The Kier molecular flexibility index (Phi) is 8.52. The molecule has 0 radical (unpaired) electrons. The van der Waals surface area contributed by atoms with E-state index in [1.807, 2.05) is 73.1 Å². The number of allylic oxidation sites excluding steroid dienone is 1. The van der Waals surface area contributed by atoms with Gasteiger partial charge < -0.3 is 9.13 Å². The van der Waals surface area contributed by atoms with Crippen molar-refractivity contribution in [1.82, 2.24) is 29.1 Å². The molecule has 7 aromatic carbocycles. The number of fused-ring (bicyclic) bond motifs is 6. The van der Waals surface area contributed by atoms with Crippen LogP contribution < -0.4 is 0 Å². The minimum atomic E-state index is 0.641. The molecular weight excluding hydrogens is 757 g/mol. The SMILES string of the molecule is C1=C(c2ccc3c(c2)c2cncc(-c4ccccc4)c2n3-c2ccccc2)CCc2c1c1ccccc1n2-c1cccc(-c2nc(-c3ccccc3)nc(-c3ccccc3)n2)c1. The molecule has 4 heterocycles. The van der Waals surface area contributed by atoms with Crippen molar-refractivity contribution in [2.45, 2.75) is 12.8 Å². The zero-order valence-corrected chi connectivity index (χ0v) is 33.7. The number of para-hydroxylation sites is 2. The van der Waals surface area contributed by atoms with E-state index < -0.39 is 0 Å². The van der Waals surface area contributed by atoms with Gasteiger partial charge in [-0.2, -0.15) is 0 Å². The Balaban J connectivity index is 0.983. The molecular formula is C56H38N6. The van der Waals surface area contributed by atoms with E-state index in [-0.39, 0.29) is 0 Å². The Morgan fingerprint density at radius 3 is 1.68 bits per heavy atom. The molecule has 0 bridgehead atoms. The molecule has 12 rings (SSSR count). The molecule has 11 aromatic rings. The molecule has 0 atom stereocenters. The quantitative estimate of drug-likeness (QED) is 0.161. The highest BCUT2D eigenvalue weighted by molar-refractivity contribution is 6.14. The lowest BCUT2D eigenvalue weighted by molar-refractivity contribution is 0.898. The van der Waals surface area contributed by atoms with Gasteiger partial charge in [-0.15, -0.1) is 0 Å². The minimum absolute atomic E-state index is 0.641. The first-order valence-electron chi connectivity index (χ1n) is 21.1. The van der Waals surface area contributed by atoms with Crippen LogP contribution in [-0.4, -0.2) is 29.1 Å². The van der Waals surface area contributed by atoms with Gasteiger partial charge >= 0.3 is 0 Å². The van der Waals surface area contributed by atoms with Crippen molar-refractivity contribution in [2.24, 2.45) is 0 Å². The van der Waals surface area contributed by atoms with E-state index in [9.17, 15) is 0 Å². The number of nitrogens with zero attached hydrogens (tertiary/aromatic N) is 6. The smallest absolute Gasteiger partial charge is 0.164 e. The van der Waals surface area contributed by atoms with E-state index in [2.05, 4.69) is 143 Å². The third-order valence-corrected chi connectivity index (χ3v) is 12.2. The number of hydrogen-bond acceptors (Lipinski definition) is 4. The fraction of sp³-hybridized carbons (Fsp3) is 0.0357. The van der Waals surface area contributed by atoms with Gasteiger partial charge in [-0.05, 0) is 78.1 Å². The lowest BCUT2D eigenvalue weighted by atomic mass is 9.90. The molecule has 6 nitrogen and oxygen atoms in total. The average Bonchev–Trinajstić information content (AvgIpc) is 3.87. The lowest BCUT2D eigenvalue weighted by Crippen LogP contribution is -2.06. The molecule has 0 saturated carbocycles. The predicted molar refractivity (Wildman–Crippen MR) is 253 cm³/mol. The Hall–Kier alpha value is -8.22. The molecule has 0 N–H and O–H groups in total. The summed E-state index contributed by atoms with van der Waals surface area (Å²) in [5.41, 5.74) is 16.0. The average molecular weight is 795 g/mol. The molecule has 0 spiro atoms. The summed E-state index contributed by atoms with van der Waals surface area (Å²) in [5, 5.41) is 3.58. The Morgan fingerprint density at radius 2 is 0.968 bits per heavy atom. The van der Waals surface area contributed by atoms with Crippen molar-refractivity contribution < 1.29 is 0 Å². The van der Waals surface area contributed by atoms with Gasteiger partial charge in [-0.1, -0.05) is 146 Å². The lowest BCUT2D eigenvalue weighted by Gasteiger charge is -2.18. The van der Waals surface area contributed by atoms with Crippen LogP contribution in [0.15, 0.2) is 200 Å². The summed E-state index contributed by atoms with van der Waals surface area (Å²) in [4.78, 5) is 19.8. The highest BCUT2D eigenvalue weighted by Crippen LogP contribution is 2.42. The molecule has 0 unspecified atom stereocenters. The molecule has 0 fully saturated rings. The number of aromatic nitrogens is 6. The highest BCUT2D eigenvalue weighted by atomic mass is 15.0. The summed E-state index contributed by atoms with van der Waals surface area (Å²) in [6.07, 6.45) is 8.27. The van der Waals surface area contributed by atoms with Crippen LogP contribution in [0.4, 0.5) is 0 Å². The first kappa shape index (κ1) is 35.7. The van der Waals surface area contributed by atoms with E-state index in [1.54, 1.807) is 0 Å². The van der Waals surface area contributed by atoms with Crippen molar-refractivity contribution >= 4 is 44.4 Å².